The lowest BCUT2D eigenvalue weighted by Gasteiger charge is -2.29. The van der Waals surface area contributed by atoms with Gasteiger partial charge in [0.2, 0.25) is 0 Å². The minimum Gasteiger partial charge on any atom is -0.312 e. The largest absolute Gasteiger partial charge is 0.312 e. The van der Waals surface area contributed by atoms with E-state index in [1.54, 1.807) is 0 Å². The van der Waals surface area contributed by atoms with E-state index in [0.717, 1.165) is 25.4 Å². The predicted molar refractivity (Wildman–Crippen MR) is 93.8 cm³/mol. The van der Waals surface area contributed by atoms with Gasteiger partial charge in [-0.1, -0.05) is 64.8 Å². The predicted octanol–water partition coefficient (Wildman–Crippen LogP) is 4.27. The standard InChI is InChI=1S/C19H34N2/c1-6-16(7-2)14-21(9-4)15-19(20-5)18-12-10-17(8-3)11-13-18/h10-13,16,19-20H,6-9,14-15H2,1-5H3. The Morgan fingerprint density at radius 1 is 0.952 bits per heavy atom. The Hall–Kier alpha value is -0.860. The monoisotopic (exact) mass is 290 g/mol. The van der Waals surface area contributed by atoms with E-state index in [-0.39, 0.29) is 0 Å². The maximum atomic E-state index is 3.49. The van der Waals surface area contributed by atoms with Crippen molar-refractivity contribution in [2.45, 2.75) is 53.0 Å². The highest BCUT2D eigenvalue weighted by Gasteiger charge is 2.16. The van der Waals surface area contributed by atoms with Gasteiger partial charge in [0.05, 0.1) is 0 Å². The van der Waals surface area contributed by atoms with Gasteiger partial charge < -0.3 is 10.2 Å². The Kier molecular flexibility index (Phi) is 8.63. The maximum absolute atomic E-state index is 3.49. The molecule has 2 heteroatoms. The number of hydrogen-bond donors (Lipinski definition) is 1. The van der Waals surface area contributed by atoms with E-state index < -0.39 is 0 Å². The van der Waals surface area contributed by atoms with E-state index in [4.69, 9.17) is 0 Å². The van der Waals surface area contributed by atoms with Gasteiger partial charge in [0, 0.05) is 19.1 Å². The van der Waals surface area contributed by atoms with Crippen LogP contribution < -0.4 is 5.32 Å². The lowest BCUT2D eigenvalue weighted by molar-refractivity contribution is 0.213. The van der Waals surface area contributed by atoms with E-state index in [2.05, 4.69) is 69.2 Å². The fourth-order valence-electron chi connectivity index (χ4n) is 2.85. The number of likely N-dealkylation sites (N-methyl/N-ethyl adjacent to an activating group) is 2. The van der Waals surface area contributed by atoms with Crippen LogP contribution >= 0.6 is 0 Å². The second-order valence-electron chi connectivity index (χ2n) is 5.97. The van der Waals surface area contributed by atoms with Crippen LogP contribution in [0.2, 0.25) is 0 Å². The third kappa shape index (κ3) is 5.80. The van der Waals surface area contributed by atoms with Crippen molar-refractivity contribution < 1.29 is 0 Å². The molecule has 0 aromatic heterocycles. The van der Waals surface area contributed by atoms with Crippen LogP contribution in [0.4, 0.5) is 0 Å². The summed E-state index contributed by atoms with van der Waals surface area (Å²) in [6.07, 6.45) is 3.67. The summed E-state index contributed by atoms with van der Waals surface area (Å²) in [5.41, 5.74) is 2.82. The summed E-state index contributed by atoms with van der Waals surface area (Å²) < 4.78 is 0. The highest BCUT2D eigenvalue weighted by atomic mass is 15.1. The normalized spacial score (nSPS) is 13.1. The van der Waals surface area contributed by atoms with Crippen LogP contribution in [-0.4, -0.2) is 31.6 Å². The topological polar surface area (TPSA) is 15.3 Å². The third-order valence-electron chi connectivity index (χ3n) is 4.70. The van der Waals surface area contributed by atoms with Gasteiger partial charge in [-0.2, -0.15) is 0 Å². The van der Waals surface area contributed by atoms with Gasteiger partial charge in [0.15, 0.2) is 0 Å². The molecule has 0 bridgehead atoms. The molecule has 0 saturated heterocycles. The molecule has 120 valence electrons. The Labute approximate surface area is 131 Å². The molecule has 0 aliphatic rings. The molecule has 0 aliphatic carbocycles. The van der Waals surface area contributed by atoms with E-state index in [1.165, 1.54) is 30.5 Å². The molecule has 1 aromatic rings. The first-order valence-electron chi connectivity index (χ1n) is 8.66. The van der Waals surface area contributed by atoms with E-state index >= 15 is 0 Å². The average Bonchev–Trinajstić information content (AvgIpc) is 2.55. The second kappa shape index (κ2) is 9.97. The summed E-state index contributed by atoms with van der Waals surface area (Å²) in [7, 11) is 2.07. The molecule has 1 rings (SSSR count). The van der Waals surface area contributed by atoms with Crippen molar-refractivity contribution in [2.75, 3.05) is 26.7 Å². The Morgan fingerprint density at radius 2 is 1.57 bits per heavy atom. The van der Waals surface area contributed by atoms with Gasteiger partial charge in [0.25, 0.3) is 0 Å². The first-order valence-corrected chi connectivity index (χ1v) is 8.66. The zero-order valence-electron chi connectivity index (χ0n) is 14.7. The molecule has 0 radical (unpaired) electrons. The molecule has 1 N–H and O–H groups in total. The first-order chi connectivity index (χ1) is 10.2. The molecular weight excluding hydrogens is 256 g/mol. The van der Waals surface area contributed by atoms with Crippen LogP contribution in [0.15, 0.2) is 24.3 Å². The average molecular weight is 290 g/mol. The number of rotatable bonds is 10. The molecule has 0 saturated carbocycles. The fourth-order valence-corrected chi connectivity index (χ4v) is 2.85. The van der Waals surface area contributed by atoms with Gasteiger partial charge in [-0.3, -0.25) is 0 Å². The molecule has 21 heavy (non-hydrogen) atoms. The summed E-state index contributed by atoms with van der Waals surface area (Å²) in [5.74, 6) is 0.824. The Bertz CT molecular complexity index is 368. The zero-order chi connectivity index (χ0) is 15.7. The lowest BCUT2D eigenvalue weighted by atomic mass is 10.0. The molecule has 1 unspecified atom stereocenters. The van der Waals surface area contributed by atoms with Gasteiger partial charge in [0.1, 0.15) is 0 Å². The minimum absolute atomic E-state index is 0.421. The van der Waals surface area contributed by atoms with Crippen molar-refractivity contribution in [3.63, 3.8) is 0 Å². The Balaban J connectivity index is 2.69. The number of nitrogens with zero attached hydrogens (tertiary/aromatic N) is 1. The second-order valence-corrected chi connectivity index (χ2v) is 5.97. The molecule has 0 heterocycles. The maximum Gasteiger partial charge on any atom is 0.0446 e. The highest BCUT2D eigenvalue weighted by Crippen LogP contribution is 2.17. The molecule has 0 amide bonds. The minimum atomic E-state index is 0.421. The molecule has 1 atom stereocenters. The first kappa shape index (κ1) is 18.2. The molecule has 0 fully saturated rings. The smallest absolute Gasteiger partial charge is 0.0446 e. The van der Waals surface area contributed by atoms with Crippen molar-refractivity contribution in [1.82, 2.24) is 10.2 Å². The van der Waals surface area contributed by atoms with Crippen LogP contribution in [0.5, 0.6) is 0 Å². The van der Waals surface area contributed by atoms with Crippen molar-refractivity contribution in [2.24, 2.45) is 5.92 Å². The van der Waals surface area contributed by atoms with Crippen LogP contribution in [-0.2, 0) is 6.42 Å². The third-order valence-corrected chi connectivity index (χ3v) is 4.70. The van der Waals surface area contributed by atoms with E-state index in [1.807, 2.05) is 0 Å². The van der Waals surface area contributed by atoms with Crippen LogP contribution in [0.3, 0.4) is 0 Å². The van der Waals surface area contributed by atoms with Gasteiger partial charge in [-0.25, -0.2) is 0 Å². The number of aryl methyl sites for hydroxylation is 1. The molecular formula is C19H34N2. The number of benzene rings is 1. The molecule has 0 aliphatic heterocycles. The number of nitrogens with one attached hydrogen (secondary N) is 1. The summed E-state index contributed by atoms with van der Waals surface area (Å²) in [5, 5.41) is 3.49. The zero-order valence-corrected chi connectivity index (χ0v) is 14.7. The van der Waals surface area contributed by atoms with E-state index in [0.29, 0.717) is 6.04 Å². The van der Waals surface area contributed by atoms with Gasteiger partial charge >= 0.3 is 0 Å². The van der Waals surface area contributed by atoms with Gasteiger partial charge in [-0.15, -0.1) is 0 Å². The van der Waals surface area contributed by atoms with Crippen molar-refractivity contribution in [3.05, 3.63) is 35.4 Å². The quantitative estimate of drug-likeness (QED) is 0.692. The summed E-state index contributed by atoms with van der Waals surface area (Å²) in [4.78, 5) is 2.59. The van der Waals surface area contributed by atoms with E-state index in [9.17, 15) is 0 Å². The molecule has 1 aromatic carbocycles. The van der Waals surface area contributed by atoms with Gasteiger partial charge in [-0.05, 0) is 37.1 Å². The summed E-state index contributed by atoms with van der Waals surface area (Å²) in [6, 6.07) is 9.51. The van der Waals surface area contributed by atoms with Crippen LogP contribution in [0, 0.1) is 5.92 Å². The van der Waals surface area contributed by atoms with Crippen molar-refractivity contribution in [1.29, 1.82) is 0 Å². The Morgan fingerprint density at radius 3 is 2.00 bits per heavy atom. The summed E-state index contributed by atoms with van der Waals surface area (Å²) >= 11 is 0. The van der Waals surface area contributed by atoms with Crippen molar-refractivity contribution >= 4 is 0 Å². The van der Waals surface area contributed by atoms with Crippen LogP contribution in [0.25, 0.3) is 0 Å². The molecule has 2 nitrogen and oxygen atoms in total. The SMILES string of the molecule is CCc1ccc(C(CN(CC)CC(CC)CC)NC)cc1. The lowest BCUT2D eigenvalue weighted by Crippen LogP contribution is -2.36. The number of hydrogen-bond acceptors (Lipinski definition) is 2. The fraction of sp³-hybridized carbons (Fsp3) is 0.684. The summed E-state index contributed by atoms with van der Waals surface area (Å²) in [6.45, 7) is 12.5. The highest BCUT2D eigenvalue weighted by molar-refractivity contribution is 5.25. The van der Waals surface area contributed by atoms with Crippen LogP contribution in [0.1, 0.15) is 57.7 Å². The molecule has 0 spiro atoms. The van der Waals surface area contributed by atoms with Crippen molar-refractivity contribution in [3.8, 4) is 0 Å².